The summed E-state index contributed by atoms with van der Waals surface area (Å²) in [5.74, 6) is 0.371. The van der Waals surface area contributed by atoms with E-state index in [1.54, 1.807) is 18.5 Å². The molecule has 8 nitrogen and oxygen atoms in total. The molecule has 2 aromatic rings. The predicted octanol–water partition coefficient (Wildman–Crippen LogP) is 0.863. The van der Waals surface area contributed by atoms with Crippen LogP contribution in [0.25, 0.3) is 0 Å². The van der Waals surface area contributed by atoms with Gasteiger partial charge in [0.2, 0.25) is 5.95 Å². The Morgan fingerprint density at radius 2 is 2.04 bits per heavy atom. The van der Waals surface area contributed by atoms with Crippen molar-refractivity contribution >= 4 is 11.9 Å². The van der Waals surface area contributed by atoms with Gasteiger partial charge in [-0.05, 0) is 18.9 Å². The van der Waals surface area contributed by atoms with Crippen LogP contribution in [0, 0.1) is 0 Å². The number of carbonyl (C=O) groups is 1. The molecule has 0 unspecified atom stereocenters. The van der Waals surface area contributed by atoms with E-state index in [1.165, 1.54) is 18.5 Å². The molecular weight excluding hydrogens is 320 g/mol. The molecule has 4 rings (SSSR count). The Hall–Kier alpha value is -2.48. The van der Waals surface area contributed by atoms with E-state index in [0.717, 1.165) is 5.56 Å². The van der Waals surface area contributed by atoms with Crippen molar-refractivity contribution in [3.05, 3.63) is 35.9 Å². The van der Waals surface area contributed by atoms with E-state index in [4.69, 9.17) is 0 Å². The number of anilines is 1. The summed E-state index contributed by atoms with van der Waals surface area (Å²) < 4.78 is 1.94. The van der Waals surface area contributed by atoms with Gasteiger partial charge in [0.25, 0.3) is 0 Å². The molecule has 3 heterocycles. The summed E-state index contributed by atoms with van der Waals surface area (Å²) in [5, 5.41) is 14.1. The fourth-order valence-corrected chi connectivity index (χ4v) is 3.60. The van der Waals surface area contributed by atoms with Gasteiger partial charge in [-0.1, -0.05) is 0 Å². The number of carboxylic acid groups (broad SMARTS) is 1. The van der Waals surface area contributed by atoms with Crippen molar-refractivity contribution in [3.63, 3.8) is 0 Å². The highest BCUT2D eigenvalue weighted by Gasteiger charge is 2.35. The molecule has 25 heavy (non-hydrogen) atoms. The Balaban J connectivity index is 1.51. The standard InChI is InChI=1S/C17H22N6O2/c1-21-15(12-3-4-12)13(9-20-21)10-22-7-8-23(11-14(22)16(24)25)17-18-5-2-6-19-17/h2,5-6,9,12,14H,3-4,7-8,10-11H2,1H3,(H,24,25)/t14-/m1/s1. The number of rotatable bonds is 5. The van der Waals surface area contributed by atoms with E-state index < -0.39 is 12.0 Å². The third-order valence-corrected chi connectivity index (χ3v) is 5.01. The zero-order valence-electron chi connectivity index (χ0n) is 14.2. The predicted molar refractivity (Wildman–Crippen MR) is 91.3 cm³/mol. The highest BCUT2D eigenvalue weighted by atomic mass is 16.4. The largest absolute Gasteiger partial charge is 0.480 e. The average molecular weight is 342 g/mol. The third kappa shape index (κ3) is 3.21. The molecule has 0 amide bonds. The van der Waals surface area contributed by atoms with Gasteiger partial charge in [0.1, 0.15) is 6.04 Å². The van der Waals surface area contributed by atoms with Gasteiger partial charge >= 0.3 is 5.97 Å². The summed E-state index contributed by atoms with van der Waals surface area (Å²) in [6, 6.07) is 1.18. The van der Waals surface area contributed by atoms with Crippen LogP contribution in [0.5, 0.6) is 0 Å². The third-order valence-electron chi connectivity index (χ3n) is 5.01. The Labute approximate surface area is 146 Å². The van der Waals surface area contributed by atoms with Crippen molar-refractivity contribution in [1.82, 2.24) is 24.6 Å². The van der Waals surface area contributed by atoms with Crippen LogP contribution in [0.4, 0.5) is 5.95 Å². The summed E-state index contributed by atoms with van der Waals surface area (Å²) in [7, 11) is 1.97. The Bertz CT molecular complexity index is 758. The van der Waals surface area contributed by atoms with Crippen LogP contribution in [-0.4, -0.2) is 61.4 Å². The number of aliphatic carboxylic acids is 1. The minimum atomic E-state index is -0.808. The van der Waals surface area contributed by atoms with Crippen molar-refractivity contribution in [1.29, 1.82) is 0 Å². The van der Waals surface area contributed by atoms with Crippen LogP contribution in [-0.2, 0) is 18.4 Å². The van der Waals surface area contributed by atoms with Gasteiger partial charge in [0.05, 0.1) is 6.20 Å². The molecule has 2 fully saturated rings. The number of hydrogen-bond acceptors (Lipinski definition) is 6. The second kappa shape index (κ2) is 6.44. The molecule has 132 valence electrons. The second-order valence-electron chi connectivity index (χ2n) is 6.77. The fraction of sp³-hybridized carbons (Fsp3) is 0.529. The monoisotopic (exact) mass is 342 g/mol. The van der Waals surface area contributed by atoms with Crippen LogP contribution in [0.3, 0.4) is 0 Å². The number of hydrogen-bond donors (Lipinski definition) is 1. The maximum absolute atomic E-state index is 11.8. The molecular formula is C17H22N6O2. The summed E-state index contributed by atoms with van der Waals surface area (Å²) in [5.41, 5.74) is 2.42. The normalized spacial score (nSPS) is 21.5. The van der Waals surface area contributed by atoms with E-state index in [9.17, 15) is 9.90 Å². The number of carboxylic acids is 1. The van der Waals surface area contributed by atoms with Gasteiger partial charge in [-0.15, -0.1) is 0 Å². The van der Waals surface area contributed by atoms with Gasteiger partial charge in [0, 0.05) is 62.8 Å². The van der Waals surface area contributed by atoms with Crippen LogP contribution >= 0.6 is 0 Å². The lowest BCUT2D eigenvalue weighted by Crippen LogP contribution is -2.56. The average Bonchev–Trinajstić information content (AvgIpc) is 3.39. The van der Waals surface area contributed by atoms with E-state index in [0.29, 0.717) is 38.0 Å². The lowest BCUT2D eigenvalue weighted by atomic mass is 10.1. The molecule has 1 saturated carbocycles. The smallest absolute Gasteiger partial charge is 0.322 e. The summed E-state index contributed by atoms with van der Waals surface area (Å²) in [6.45, 7) is 2.39. The van der Waals surface area contributed by atoms with Crippen LogP contribution < -0.4 is 4.90 Å². The quantitative estimate of drug-likeness (QED) is 0.862. The van der Waals surface area contributed by atoms with Crippen molar-refractivity contribution in [3.8, 4) is 0 Å². The van der Waals surface area contributed by atoms with Crippen molar-refractivity contribution in [2.45, 2.75) is 31.3 Å². The molecule has 0 aromatic carbocycles. The zero-order valence-corrected chi connectivity index (χ0v) is 14.2. The number of nitrogens with zero attached hydrogens (tertiary/aromatic N) is 6. The molecule has 2 aliphatic rings. The van der Waals surface area contributed by atoms with Gasteiger partial charge in [-0.25, -0.2) is 9.97 Å². The summed E-state index contributed by atoms with van der Waals surface area (Å²) >= 11 is 0. The molecule has 1 aliphatic carbocycles. The maximum atomic E-state index is 11.8. The topological polar surface area (TPSA) is 87.4 Å². The van der Waals surface area contributed by atoms with Crippen LogP contribution in [0.2, 0.25) is 0 Å². The molecule has 0 spiro atoms. The minimum absolute atomic E-state index is 0.387. The zero-order chi connectivity index (χ0) is 17.4. The number of piperazine rings is 1. The molecule has 1 N–H and O–H groups in total. The minimum Gasteiger partial charge on any atom is -0.480 e. The Morgan fingerprint density at radius 1 is 1.28 bits per heavy atom. The van der Waals surface area contributed by atoms with E-state index >= 15 is 0 Å². The molecule has 2 aromatic heterocycles. The second-order valence-corrected chi connectivity index (χ2v) is 6.77. The Kier molecular flexibility index (Phi) is 4.12. The van der Waals surface area contributed by atoms with Gasteiger partial charge < -0.3 is 10.0 Å². The summed E-state index contributed by atoms with van der Waals surface area (Å²) in [6.07, 6.45) is 7.66. The van der Waals surface area contributed by atoms with Gasteiger partial charge in [-0.2, -0.15) is 5.10 Å². The molecule has 8 heteroatoms. The lowest BCUT2D eigenvalue weighted by molar-refractivity contribution is -0.143. The van der Waals surface area contributed by atoms with E-state index in [1.807, 2.05) is 27.7 Å². The first kappa shape index (κ1) is 16.0. The van der Waals surface area contributed by atoms with Crippen LogP contribution in [0.1, 0.15) is 30.0 Å². The highest BCUT2D eigenvalue weighted by molar-refractivity contribution is 5.74. The van der Waals surface area contributed by atoms with Crippen molar-refractivity contribution in [2.75, 3.05) is 24.5 Å². The molecule has 1 atom stereocenters. The SMILES string of the molecule is Cn1ncc(CN2CCN(c3ncccn3)C[C@@H]2C(=O)O)c1C1CC1. The lowest BCUT2D eigenvalue weighted by Gasteiger charge is -2.39. The maximum Gasteiger partial charge on any atom is 0.322 e. The Morgan fingerprint density at radius 3 is 2.72 bits per heavy atom. The molecule has 0 radical (unpaired) electrons. The van der Waals surface area contributed by atoms with Gasteiger partial charge in [0.15, 0.2) is 0 Å². The highest BCUT2D eigenvalue weighted by Crippen LogP contribution is 2.41. The summed E-state index contributed by atoms with van der Waals surface area (Å²) in [4.78, 5) is 24.3. The molecule has 0 bridgehead atoms. The van der Waals surface area contributed by atoms with E-state index in [-0.39, 0.29) is 0 Å². The number of aryl methyl sites for hydroxylation is 1. The molecule has 1 saturated heterocycles. The first-order valence-corrected chi connectivity index (χ1v) is 8.63. The van der Waals surface area contributed by atoms with Crippen molar-refractivity contribution in [2.24, 2.45) is 7.05 Å². The first-order valence-electron chi connectivity index (χ1n) is 8.63. The van der Waals surface area contributed by atoms with Gasteiger partial charge in [-0.3, -0.25) is 14.4 Å². The molecule has 1 aliphatic heterocycles. The van der Waals surface area contributed by atoms with E-state index in [2.05, 4.69) is 15.1 Å². The fourth-order valence-electron chi connectivity index (χ4n) is 3.60. The van der Waals surface area contributed by atoms with Crippen molar-refractivity contribution < 1.29 is 9.90 Å². The first-order chi connectivity index (χ1) is 12.1. The van der Waals surface area contributed by atoms with Crippen LogP contribution in [0.15, 0.2) is 24.7 Å². The number of aromatic nitrogens is 4.